The van der Waals surface area contributed by atoms with Gasteiger partial charge in [0, 0.05) is 6.04 Å². The second kappa shape index (κ2) is 6.88. The van der Waals surface area contributed by atoms with Crippen molar-refractivity contribution in [2.24, 2.45) is 5.41 Å². The van der Waals surface area contributed by atoms with E-state index >= 15 is 0 Å². The van der Waals surface area contributed by atoms with Crippen molar-refractivity contribution < 1.29 is 5.11 Å². The van der Waals surface area contributed by atoms with Gasteiger partial charge in [0.1, 0.15) is 0 Å². The van der Waals surface area contributed by atoms with Crippen molar-refractivity contribution in [1.29, 1.82) is 0 Å². The third kappa shape index (κ3) is 4.22. The third-order valence-corrected chi connectivity index (χ3v) is 4.41. The molecule has 3 heteroatoms. The molecule has 0 amide bonds. The first kappa shape index (κ1) is 15.9. The number of aliphatic hydroxyl groups is 1. The van der Waals surface area contributed by atoms with Gasteiger partial charge in [-0.05, 0) is 58.4 Å². The lowest BCUT2D eigenvalue weighted by Crippen LogP contribution is -2.52. The van der Waals surface area contributed by atoms with Crippen LogP contribution in [0.3, 0.4) is 0 Å². The van der Waals surface area contributed by atoms with Gasteiger partial charge in [-0.1, -0.05) is 27.2 Å². The molecule has 0 bridgehead atoms. The summed E-state index contributed by atoms with van der Waals surface area (Å²) >= 11 is 0. The van der Waals surface area contributed by atoms with Crippen LogP contribution in [0.1, 0.15) is 46.5 Å². The molecule has 108 valence electrons. The van der Waals surface area contributed by atoms with Crippen molar-refractivity contribution in [3.63, 3.8) is 0 Å². The largest absolute Gasteiger partial charge is 0.391 e. The summed E-state index contributed by atoms with van der Waals surface area (Å²) < 4.78 is 0. The molecule has 0 aromatic rings. The molecule has 0 saturated heterocycles. The molecule has 18 heavy (non-hydrogen) atoms. The Morgan fingerprint density at radius 2 is 1.89 bits per heavy atom. The van der Waals surface area contributed by atoms with E-state index in [4.69, 9.17) is 0 Å². The van der Waals surface area contributed by atoms with Crippen molar-refractivity contribution in [2.45, 2.75) is 58.6 Å². The van der Waals surface area contributed by atoms with Crippen LogP contribution >= 0.6 is 0 Å². The molecule has 1 aliphatic carbocycles. The van der Waals surface area contributed by atoms with Gasteiger partial charge in [0.2, 0.25) is 0 Å². The van der Waals surface area contributed by atoms with Gasteiger partial charge in [-0.25, -0.2) is 0 Å². The van der Waals surface area contributed by atoms with E-state index in [0.717, 1.165) is 32.5 Å². The van der Waals surface area contributed by atoms with Crippen LogP contribution in [0.4, 0.5) is 0 Å². The summed E-state index contributed by atoms with van der Waals surface area (Å²) in [4.78, 5) is 4.71. The van der Waals surface area contributed by atoms with Crippen LogP contribution in [0, 0.1) is 5.41 Å². The molecular formula is C15H32N2O. The van der Waals surface area contributed by atoms with E-state index in [1.165, 1.54) is 12.8 Å². The first-order chi connectivity index (χ1) is 8.38. The summed E-state index contributed by atoms with van der Waals surface area (Å²) in [5.74, 6) is 0. The quantitative estimate of drug-likeness (QED) is 0.789. The molecule has 2 atom stereocenters. The number of nitrogens with zero attached hydrogens (tertiary/aromatic N) is 2. The summed E-state index contributed by atoms with van der Waals surface area (Å²) in [5.41, 5.74) is 0.0812. The molecular weight excluding hydrogens is 224 g/mol. The van der Waals surface area contributed by atoms with Crippen LogP contribution in [0.15, 0.2) is 0 Å². The molecule has 1 saturated carbocycles. The van der Waals surface area contributed by atoms with Crippen LogP contribution in [0.25, 0.3) is 0 Å². The van der Waals surface area contributed by atoms with Crippen molar-refractivity contribution >= 4 is 0 Å². The molecule has 0 aromatic heterocycles. The lowest BCUT2D eigenvalue weighted by atomic mass is 9.72. The minimum atomic E-state index is -0.175. The zero-order valence-electron chi connectivity index (χ0n) is 12.9. The summed E-state index contributed by atoms with van der Waals surface area (Å²) in [6, 6.07) is 0.362. The highest BCUT2D eigenvalue weighted by molar-refractivity contribution is 4.93. The minimum Gasteiger partial charge on any atom is -0.391 e. The van der Waals surface area contributed by atoms with Crippen molar-refractivity contribution in [3.8, 4) is 0 Å². The summed E-state index contributed by atoms with van der Waals surface area (Å²) in [5, 5.41) is 10.6. The van der Waals surface area contributed by atoms with Crippen LogP contribution in [-0.4, -0.2) is 60.8 Å². The Kier molecular flexibility index (Phi) is 6.09. The van der Waals surface area contributed by atoms with Crippen LogP contribution < -0.4 is 0 Å². The molecule has 0 spiro atoms. The molecule has 0 aromatic carbocycles. The average Bonchev–Trinajstić information content (AvgIpc) is 2.28. The van der Waals surface area contributed by atoms with Gasteiger partial charge in [0.05, 0.1) is 6.10 Å². The van der Waals surface area contributed by atoms with Crippen LogP contribution in [-0.2, 0) is 0 Å². The lowest BCUT2D eigenvalue weighted by molar-refractivity contribution is -0.0564. The average molecular weight is 256 g/mol. The van der Waals surface area contributed by atoms with E-state index < -0.39 is 0 Å². The topological polar surface area (TPSA) is 26.7 Å². The predicted octanol–water partition coefficient (Wildman–Crippen LogP) is 2.20. The van der Waals surface area contributed by atoms with E-state index in [1.54, 1.807) is 0 Å². The van der Waals surface area contributed by atoms with Crippen molar-refractivity contribution in [1.82, 2.24) is 9.80 Å². The maximum absolute atomic E-state index is 10.6. The van der Waals surface area contributed by atoms with E-state index in [1.807, 2.05) is 0 Å². The highest BCUT2D eigenvalue weighted by Gasteiger charge is 2.39. The number of hydrogen-bond acceptors (Lipinski definition) is 3. The van der Waals surface area contributed by atoms with E-state index in [-0.39, 0.29) is 11.5 Å². The molecule has 3 nitrogen and oxygen atoms in total. The highest BCUT2D eigenvalue weighted by Crippen LogP contribution is 2.37. The summed E-state index contributed by atoms with van der Waals surface area (Å²) in [6.45, 7) is 9.90. The molecule has 1 aliphatic rings. The van der Waals surface area contributed by atoms with E-state index in [0.29, 0.717) is 6.04 Å². The first-order valence-corrected chi connectivity index (χ1v) is 7.45. The molecule has 0 heterocycles. The van der Waals surface area contributed by atoms with E-state index in [9.17, 15) is 5.11 Å². The zero-order chi connectivity index (χ0) is 13.8. The Balaban J connectivity index is 2.53. The van der Waals surface area contributed by atoms with Gasteiger partial charge in [-0.3, -0.25) is 4.90 Å². The monoisotopic (exact) mass is 256 g/mol. The zero-order valence-corrected chi connectivity index (χ0v) is 12.9. The highest BCUT2D eigenvalue weighted by atomic mass is 16.3. The molecule has 1 fully saturated rings. The molecule has 1 rings (SSSR count). The number of hydrogen-bond donors (Lipinski definition) is 1. The first-order valence-electron chi connectivity index (χ1n) is 7.45. The second-order valence-electron chi connectivity index (χ2n) is 6.68. The van der Waals surface area contributed by atoms with Crippen molar-refractivity contribution in [3.05, 3.63) is 0 Å². The third-order valence-electron chi connectivity index (χ3n) is 4.41. The van der Waals surface area contributed by atoms with Crippen LogP contribution in [0.2, 0.25) is 0 Å². The van der Waals surface area contributed by atoms with Crippen LogP contribution in [0.5, 0.6) is 0 Å². The maximum Gasteiger partial charge on any atom is 0.0746 e. The Morgan fingerprint density at radius 3 is 2.44 bits per heavy atom. The van der Waals surface area contributed by atoms with Gasteiger partial charge in [0.25, 0.3) is 0 Å². The Bertz CT molecular complexity index is 241. The fraction of sp³-hybridized carbons (Fsp3) is 1.00. The number of likely N-dealkylation sites (N-methyl/N-ethyl adjacent to an activating group) is 1. The van der Waals surface area contributed by atoms with Gasteiger partial charge in [-0.2, -0.15) is 0 Å². The second-order valence-corrected chi connectivity index (χ2v) is 6.68. The SMILES string of the molecule is CCN(CCCN(C)C)C1CCCC(C)(C)C1O. The van der Waals surface area contributed by atoms with Gasteiger partial charge in [0.15, 0.2) is 0 Å². The van der Waals surface area contributed by atoms with Gasteiger partial charge in [-0.15, -0.1) is 0 Å². The normalized spacial score (nSPS) is 28.0. The van der Waals surface area contributed by atoms with Gasteiger partial charge < -0.3 is 10.0 Å². The van der Waals surface area contributed by atoms with Gasteiger partial charge >= 0.3 is 0 Å². The Labute approximate surface area is 113 Å². The summed E-state index contributed by atoms with van der Waals surface area (Å²) in [6.07, 6.45) is 4.56. The smallest absolute Gasteiger partial charge is 0.0746 e. The molecule has 1 N–H and O–H groups in total. The number of rotatable bonds is 6. The molecule has 0 radical (unpaired) electrons. The maximum atomic E-state index is 10.6. The van der Waals surface area contributed by atoms with Crippen molar-refractivity contribution in [2.75, 3.05) is 33.7 Å². The molecule has 2 unspecified atom stereocenters. The van der Waals surface area contributed by atoms with E-state index in [2.05, 4.69) is 44.7 Å². The molecule has 0 aliphatic heterocycles. The lowest BCUT2D eigenvalue weighted by Gasteiger charge is -2.45. The standard InChI is InChI=1S/C15H32N2O/c1-6-17(12-8-11-16(4)5)13-9-7-10-15(2,3)14(13)18/h13-14,18H,6-12H2,1-5H3. The fourth-order valence-electron chi connectivity index (χ4n) is 3.12. The minimum absolute atomic E-state index is 0.0812. The number of aliphatic hydroxyl groups excluding tert-OH is 1. The summed E-state index contributed by atoms with van der Waals surface area (Å²) in [7, 11) is 4.24. The fourth-order valence-corrected chi connectivity index (χ4v) is 3.12. The Hall–Kier alpha value is -0.120. The predicted molar refractivity (Wildman–Crippen MR) is 77.8 cm³/mol. The Morgan fingerprint density at radius 1 is 1.22 bits per heavy atom.